The third-order valence-electron chi connectivity index (χ3n) is 7.57. The molecule has 6 nitrogen and oxygen atoms in total. The number of aryl methyl sites for hydroxylation is 3. The van der Waals surface area contributed by atoms with Gasteiger partial charge in [0.1, 0.15) is 0 Å². The van der Waals surface area contributed by atoms with Crippen LogP contribution in [0.5, 0.6) is 23.0 Å². The largest absolute Gasteiger partial charge is 1.00 e. The van der Waals surface area contributed by atoms with Crippen molar-refractivity contribution >= 4 is 16.7 Å². The lowest BCUT2D eigenvalue weighted by molar-refractivity contribution is -0.686. The lowest BCUT2D eigenvalue weighted by Crippen LogP contribution is -3.00. The summed E-state index contributed by atoms with van der Waals surface area (Å²) in [6.45, 7) is 5.18. The van der Waals surface area contributed by atoms with Gasteiger partial charge in [0, 0.05) is 23.8 Å². The molecule has 0 aliphatic carbocycles. The number of nitrogens with zero attached hydrogens (tertiary/aromatic N) is 1. The van der Waals surface area contributed by atoms with E-state index in [1.54, 1.807) is 7.11 Å². The van der Waals surface area contributed by atoms with Gasteiger partial charge < -0.3 is 31.4 Å². The molecule has 0 atom stereocenters. The van der Waals surface area contributed by atoms with Gasteiger partial charge >= 0.3 is 5.97 Å². The van der Waals surface area contributed by atoms with Crippen LogP contribution in [0.2, 0.25) is 0 Å². The predicted octanol–water partition coefficient (Wildman–Crippen LogP) is 3.70. The zero-order chi connectivity index (χ0) is 25.8. The van der Waals surface area contributed by atoms with Crippen LogP contribution in [0.1, 0.15) is 76.3 Å². The number of pyridine rings is 1. The van der Waals surface area contributed by atoms with E-state index in [0.717, 1.165) is 48.1 Å². The molecule has 2 aromatic carbocycles. The Bertz CT molecular complexity index is 1310. The number of benzene rings is 2. The van der Waals surface area contributed by atoms with E-state index in [9.17, 15) is 4.79 Å². The summed E-state index contributed by atoms with van der Waals surface area (Å²) in [5.41, 5.74) is 5.02. The van der Waals surface area contributed by atoms with Gasteiger partial charge in [0.2, 0.25) is 12.5 Å². The van der Waals surface area contributed by atoms with Crippen LogP contribution in [0.3, 0.4) is 0 Å². The number of unbranched alkanes of at least 4 members (excludes halogenated alkanes) is 6. The summed E-state index contributed by atoms with van der Waals surface area (Å²) in [6, 6.07) is 8.33. The van der Waals surface area contributed by atoms with E-state index in [1.165, 1.54) is 60.9 Å². The molecular weight excluding hydrogens is 502 g/mol. The SMILES string of the molecule is CCCCCCCCCc1c2[n+](cc3c(OC(=O)CC)c(OC)ccc13)CCc1cc3c(cc1-2)OCO3.[Cl-]. The third kappa shape index (κ3) is 5.56. The van der Waals surface area contributed by atoms with E-state index in [4.69, 9.17) is 18.9 Å². The summed E-state index contributed by atoms with van der Waals surface area (Å²) in [5.74, 6) is 2.47. The van der Waals surface area contributed by atoms with Crippen LogP contribution in [0.25, 0.3) is 22.0 Å². The zero-order valence-corrected chi connectivity index (χ0v) is 23.5. The van der Waals surface area contributed by atoms with Crippen LogP contribution >= 0.6 is 0 Å². The summed E-state index contributed by atoms with van der Waals surface area (Å²) in [4.78, 5) is 12.3. The standard InChI is InChI=1S/C31H38NO5.ClH/c1-4-6-7-8-9-10-11-12-23-22-13-14-26(34-3)31(37-29(33)5-2)25(22)19-32-16-15-21-17-27-28(36-20-35-27)18-24(21)30(23)32;/h13-14,17-19H,4-12,15-16,20H2,1-3H3;1H/q+1;/p-1. The fourth-order valence-corrected chi connectivity index (χ4v) is 5.60. The number of rotatable bonds is 11. The highest BCUT2D eigenvalue weighted by Crippen LogP contribution is 2.44. The first-order valence-corrected chi connectivity index (χ1v) is 13.8. The van der Waals surface area contributed by atoms with Gasteiger partial charge in [0.05, 0.1) is 18.1 Å². The number of fused-ring (bicyclic) bond motifs is 5. The maximum absolute atomic E-state index is 12.3. The molecule has 7 heteroatoms. The van der Waals surface area contributed by atoms with Crippen molar-refractivity contribution in [2.45, 2.75) is 84.6 Å². The van der Waals surface area contributed by atoms with Crippen LogP contribution < -0.4 is 35.9 Å². The van der Waals surface area contributed by atoms with Gasteiger partial charge in [-0.2, -0.15) is 4.57 Å². The molecule has 0 N–H and O–H groups in total. The summed E-state index contributed by atoms with van der Waals surface area (Å²) in [5, 5.41) is 2.04. The maximum atomic E-state index is 12.3. The van der Waals surface area contributed by atoms with Gasteiger partial charge in [-0.15, -0.1) is 0 Å². The summed E-state index contributed by atoms with van der Waals surface area (Å²) in [6.07, 6.45) is 13.1. The van der Waals surface area contributed by atoms with Crippen molar-refractivity contribution in [2.75, 3.05) is 13.9 Å². The predicted molar refractivity (Wildman–Crippen MR) is 144 cm³/mol. The number of carbonyl (C=O) groups excluding carboxylic acids is 1. The van der Waals surface area contributed by atoms with Crippen molar-refractivity contribution in [3.8, 4) is 34.3 Å². The highest BCUT2D eigenvalue weighted by Gasteiger charge is 2.32. The Labute approximate surface area is 231 Å². The second-order valence-electron chi connectivity index (χ2n) is 10.0. The number of ether oxygens (including phenoxy) is 4. The van der Waals surface area contributed by atoms with Crippen LogP contribution in [-0.4, -0.2) is 19.9 Å². The second-order valence-corrected chi connectivity index (χ2v) is 10.0. The highest BCUT2D eigenvalue weighted by molar-refractivity contribution is 5.96. The van der Waals surface area contributed by atoms with E-state index in [2.05, 4.69) is 35.9 Å². The molecule has 0 radical (unpaired) electrons. The maximum Gasteiger partial charge on any atom is 0.311 e. The molecule has 0 bridgehead atoms. The Balaban J connectivity index is 0.00000336. The Morgan fingerprint density at radius 2 is 1.71 bits per heavy atom. The molecule has 1 aromatic heterocycles. The number of esters is 1. The monoisotopic (exact) mass is 539 g/mol. The van der Waals surface area contributed by atoms with Crippen molar-refractivity contribution < 1.29 is 40.7 Å². The number of carbonyl (C=O) groups is 1. The number of aromatic nitrogens is 1. The lowest BCUT2D eigenvalue weighted by atomic mass is 9.89. The van der Waals surface area contributed by atoms with Crippen molar-refractivity contribution in [1.82, 2.24) is 0 Å². The van der Waals surface area contributed by atoms with E-state index in [1.807, 2.05) is 13.0 Å². The van der Waals surface area contributed by atoms with Gasteiger partial charge in [-0.3, -0.25) is 4.79 Å². The molecule has 2 aliphatic heterocycles. The lowest BCUT2D eigenvalue weighted by Gasteiger charge is -2.21. The first-order chi connectivity index (χ1) is 18.1. The van der Waals surface area contributed by atoms with Crippen molar-refractivity contribution in [1.29, 1.82) is 0 Å². The molecule has 0 fully saturated rings. The summed E-state index contributed by atoms with van der Waals surface area (Å²) >= 11 is 0. The van der Waals surface area contributed by atoms with Gasteiger partial charge in [0.15, 0.2) is 35.7 Å². The molecule has 0 saturated carbocycles. The molecule has 38 heavy (non-hydrogen) atoms. The average Bonchev–Trinajstić information content (AvgIpc) is 3.38. The molecule has 0 amide bonds. The van der Waals surface area contributed by atoms with Crippen molar-refractivity contribution in [3.05, 3.63) is 41.6 Å². The van der Waals surface area contributed by atoms with Gasteiger partial charge in [-0.25, -0.2) is 0 Å². The topological polar surface area (TPSA) is 57.9 Å². The molecule has 204 valence electrons. The fourth-order valence-electron chi connectivity index (χ4n) is 5.60. The van der Waals surface area contributed by atoms with E-state index < -0.39 is 0 Å². The van der Waals surface area contributed by atoms with Crippen LogP contribution in [0.4, 0.5) is 0 Å². The normalized spacial score (nSPS) is 13.0. The van der Waals surface area contributed by atoms with Crippen LogP contribution in [0, 0.1) is 0 Å². The Kier molecular flexibility index (Phi) is 9.37. The molecule has 0 saturated heterocycles. The third-order valence-corrected chi connectivity index (χ3v) is 7.57. The Morgan fingerprint density at radius 3 is 2.45 bits per heavy atom. The molecular formula is C31H38ClNO5. The number of halogens is 1. The van der Waals surface area contributed by atoms with Gasteiger partial charge in [-0.1, -0.05) is 52.4 Å². The summed E-state index contributed by atoms with van der Waals surface area (Å²) in [7, 11) is 1.62. The van der Waals surface area contributed by atoms with E-state index >= 15 is 0 Å². The quantitative estimate of drug-likeness (QED) is 0.161. The Hall–Kier alpha value is -2.99. The number of methoxy groups -OCH3 is 1. The molecule has 5 rings (SSSR count). The molecule has 2 aliphatic rings. The van der Waals surface area contributed by atoms with Gasteiger partial charge in [-0.05, 0) is 42.7 Å². The molecule has 3 heterocycles. The van der Waals surface area contributed by atoms with Crippen LogP contribution in [0.15, 0.2) is 30.5 Å². The number of hydrogen-bond acceptors (Lipinski definition) is 5. The van der Waals surface area contributed by atoms with Crippen molar-refractivity contribution in [2.24, 2.45) is 0 Å². The fraction of sp³-hybridized carbons (Fsp3) is 0.484. The van der Waals surface area contributed by atoms with Crippen LogP contribution in [-0.2, 0) is 24.2 Å². The highest BCUT2D eigenvalue weighted by atomic mass is 35.5. The summed E-state index contributed by atoms with van der Waals surface area (Å²) < 4.78 is 25.2. The minimum absolute atomic E-state index is 0. The Morgan fingerprint density at radius 1 is 0.974 bits per heavy atom. The molecule has 3 aromatic rings. The number of hydrogen-bond donors (Lipinski definition) is 0. The molecule has 0 unspecified atom stereocenters. The van der Waals surface area contributed by atoms with Gasteiger partial charge in [0.25, 0.3) is 0 Å². The van der Waals surface area contributed by atoms with E-state index in [0.29, 0.717) is 17.9 Å². The van der Waals surface area contributed by atoms with Crippen molar-refractivity contribution in [3.63, 3.8) is 0 Å². The first-order valence-electron chi connectivity index (χ1n) is 13.8. The molecule has 0 spiro atoms. The smallest absolute Gasteiger partial charge is 0.311 e. The second kappa shape index (κ2) is 12.7. The average molecular weight is 540 g/mol. The zero-order valence-electron chi connectivity index (χ0n) is 22.7. The minimum atomic E-state index is -0.264. The minimum Gasteiger partial charge on any atom is -1.00 e. The first kappa shape index (κ1) is 28.0. The van der Waals surface area contributed by atoms with E-state index in [-0.39, 0.29) is 25.2 Å².